The fraction of sp³-hybridized carbons (Fsp3) is 0.182. The lowest BCUT2D eigenvalue weighted by molar-refractivity contribution is -0.134. The van der Waals surface area contributed by atoms with E-state index in [2.05, 4.69) is 0 Å². The van der Waals surface area contributed by atoms with Crippen molar-refractivity contribution in [2.24, 2.45) is 0 Å². The van der Waals surface area contributed by atoms with Gasteiger partial charge in [-0.1, -0.05) is 0 Å². The quantitative estimate of drug-likeness (QED) is 0.702. The van der Waals surface area contributed by atoms with Crippen molar-refractivity contribution in [3.05, 3.63) is 29.6 Å². The van der Waals surface area contributed by atoms with E-state index in [4.69, 9.17) is 5.11 Å². The lowest BCUT2D eigenvalue weighted by Crippen LogP contribution is -2.53. The van der Waals surface area contributed by atoms with Crippen molar-refractivity contribution in [3.8, 4) is 0 Å². The molecule has 0 radical (unpaired) electrons. The van der Waals surface area contributed by atoms with Crippen LogP contribution in [0.3, 0.4) is 0 Å². The zero-order chi connectivity index (χ0) is 15.8. The van der Waals surface area contributed by atoms with Crippen LogP contribution in [0.2, 0.25) is 0 Å². The number of nitrogens with one attached hydrogen (secondary N) is 1. The summed E-state index contributed by atoms with van der Waals surface area (Å²) in [6, 6.07) is 2.21. The highest BCUT2D eigenvalue weighted by atomic mass is 32.2. The molecule has 0 saturated carbocycles. The Morgan fingerprint density at radius 2 is 1.81 bits per heavy atom. The van der Waals surface area contributed by atoms with Gasteiger partial charge < -0.3 is 5.11 Å². The van der Waals surface area contributed by atoms with Crippen LogP contribution in [0.4, 0.5) is 4.39 Å². The molecule has 0 atom stereocenters. The first kappa shape index (κ1) is 15.1. The number of carboxylic acid groups (broad SMARTS) is 1. The van der Waals surface area contributed by atoms with Gasteiger partial charge in [0, 0.05) is 0 Å². The van der Waals surface area contributed by atoms with Gasteiger partial charge in [0.05, 0.1) is 23.5 Å². The van der Waals surface area contributed by atoms with Crippen LogP contribution in [0.15, 0.2) is 23.1 Å². The van der Waals surface area contributed by atoms with Crippen LogP contribution in [-0.4, -0.2) is 48.7 Å². The molecule has 2 amide bonds. The van der Waals surface area contributed by atoms with Crippen molar-refractivity contribution in [2.75, 3.05) is 13.1 Å². The number of rotatable bonds is 3. The summed E-state index contributed by atoms with van der Waals surface area (Å²) in [5.74, 6) is -4.31. The van der Waals surface area contributed by atoms with Gasteiger partial charge in [-0.15, -0.1) is 0 Å². The number of hydrogen-bond donors (Lipinski definition) is 2. The van der Waals surface area contributed by atoms with E-state index >= 15 is 0 Å². The number of amides is 2. The Morgan fingerprint density at radius 3 is 2.33 bits per heavy atom. The molecule has 2 N–H and O–H groups in total. The maximum absolute atomic E-state index is 13.3. The van der Waals surface area contributed by atoms with Crippen LogP contribution in [-0.2, 0) is 19.6 Å². The molecule has 0 aliphatic carbocycles. The summed E-state index contributed by atoms with van der Waals surface area (Å²) in [4.78, 5) is 32.7. The highest BCUT2D eigenvalue weighted by Crippen LogP contribution is 2.20. The molecule has 1 aromatic carbocycles. The predicted molar refractivity (Wildman–Crippen MR) is 65.3 cm³/mol. The number of hydrogen-bond acceptors (Lipinski definition) is 5. The second-order valence-electron chi connectivity index (χ2n) is 4.19. The number of carbonyl (C=O) groups is 3. The summed E-state index contributed by atoms with van der Waals surface area (Å²) in [6.45, 7) is -1.15. The summed E-state index contributed by atoms with van der Waals surface area (Å²) in [5, 5.41) is 10.7. The molecule has 10 heteroatoms. The standard InChI is InChI=1S/C11H9FN2O6S/c12-8-2-1-6(3-7(8)11(17)18)21(19,20)14-4-9(15)13-10(16)5-14/h1-3H,4-5H2,(H,17,18)(H,13,15,16). The van der Waals surface area contributed by atoms with Crippen molar-refractivity contribution in [1.82, 2.24) is 9.62 Å². The number of imide groups is 1. The highest BCUT2D eigenvalue weighted by Gasteiger charge is 2.33. The zero-order valence-electron chi connectivity index (χ0n) is 10.4. The number of nitrogens with zero attached hydrogens (tertiary/aromatic N) is 1. The molecule has 2 rings (SSSR count). The van der Waals surface area contributed by atoms with Gasteiger partial charge in [-0.05, 0) is 18.2 Å². The number of carboxylic acids is 1. The highest BCUT2D eigenvalue weighted by molar-refractivity contribution is 7.89. The monoisotopic (exact) mass is 316 g/mol. The summed E-state index contributed by atoms with van der Waals surface area (Å²) < 4.78 is 38.3. The second kappa shape index (κ2) is 5.22. The molecule has 1 aliphatic heterocycles. The van der Waals surface area contributed by atoms with Gasteiger partial charge in [0.1, 0.15) is 5.82 Å². The van der Waals surface area contributed by atoms with Crippen molar-refractivity contribution in [1.29, 1.82) is 0 Å². The fourth-order valence-corrected chi connectivity index (χ4v) is 3.14. The van der Waals surface area contributed by atoms with Crippen molar-refractivity contribution < 1.29 is 32.3 Å². The van der Waals surface area contributed by atoms with E-state index in [0.29, 0.717) is 16.4 Å². The average Bonchev–Trinajstić information content (AvgIpc) is 2.37. The molecule has 0 bridgehead atoms. The van der Waals surface area contributed by atoms with Gasteiger partial charge in [0.2, 0.25) is 21.8 Å². The third-order valence-electron chi connectivity index (χ3n) is 2.72. The molecular formula is C11H9FN2O6S. The molecular weight excluding hydrogens is 307 g/mol. The lowest BCUT2D eigenvalue weighted by Gasteiger charge is -2.24. The molecule has 0 aromatic heterocycles. The van der Waals surface area contributed by atoms with E-state index < -0.39 is 57.2 Å². The largest absolute Gasteiger partial charge is 0.478 e. The van der Waals surface area contributed by atoms with E-state index in [-0.39, 0.29) is 0 Å². The van der Waals surface area contributed by atoms with Crippen LogP contribution in [0.5, 0.6) is 0 Å². The van der Waals surface area contributed by atoms with E-state index in [0.717, 1.165) is 6.07 Å². The number of piperazine rings is 1. The first-order valence-corrected chi connectivity index (χ1v) is 7.01. The predicted octanol–water partition coefficient (Wildman–Crippen LogP) is -0.829. The Morgan fingerprint density at radius 1 is 1.24 bits per heavy atom. The van der Waals surface area contributed by atoms with E-state index in [1.165, 1.54) is 0 Å². The Kier molecular flexibility index (Phi) is 3.75. The van der Waals surface area contributed by atoms with E-state index in [1.807, 2.05) is 5.32 Å². The van der Waals surface area contributed by atoms with Crippen LogP contribution < -0.4 is 5.32 Å². The molecule has 112 valence electrons. The second-order valence-corrected chi connectivity index (χ2v) is 6.13. The molecule has 1 saturated heterocycles. The van der Waals surface area contributed by atoms with Gasteiger partial charge in [0.15, 0.2) is 0 Å². The third-order valence-corrected chi connectivity index (χ3v) is 4.51. The Labute approximate surface area is 118 Å². The van der Waals surface area contributed by atoms with Crippen molar-refractivity contribution in [2.45, 2.75) is 4.90 Å². The first-order chi connectivity index (χ1) is 9.71. The molecule has 1 heterocycles. The molecule has 0 unspecified atom stereocenters. The van der Waals surface area contributed by atoms with E-state index in [1.54, 1.807) is 0 Å². The molecule has 1 aliphatic rings. The Bertz CT molecular complexity index is 729. The number of benzene rings is 1. The Hall–Kier alpha value is -2.33. The summed E-state index contributed by atoms with van der Waals surface area (Å²) in [5.41, 5.74) is -0.816. The van der Waals surface area contributed by atoms with Gasteiger partial charge in [-0.3, -0.25) is 14.9 Å². The smallest absolute Gasteiger partial charge is 0.338 e. The minimum Gasteiger partial charge on any atom is -0.478 e. The van der Waals surface area contributed by atoms with Crippen LogP contribution in [0, 0.1) is 5.82 Å². The third kappa shape index (κ3) is 2.90. The van der Waals surface area contributed by atoms with Crippen molar-refractivity contribution >= 4 is 27.8 Å². The van der Waals surface area contributed by atoms with Crippen LogP contribution in [0.25, 0.3) is 0 Å². The average molecular weight is 316 g/mol. The zero-order valence-corrected chi connectivity index (χ0v) is 11.2. The summed E-state index contributed by atoms with van der Waals surface area (Å²) in [7, 11) is -4.28. The number of aromatic carboxylic acids is 1. The van der Waals surface area contributed by atoms with Gasteiger partial charge in [-0.25, -0.2) is 17.6 Å². The molecule has 0 spiro atoms. The van der Waals surface area contributed by atoms with E-state index in [9.17, 15) is 27.2 Å². The SMILES string of the molecule is O=C1CN(S(=O)(=O)c2ccc(F)c(C(=O)O)c2)CC(=O)N1. The normalized spacial score (nSPS) is 16.6. The minimum absolute atomic E-state index is 0.510. The number of halogens is 1. The first-order valence-electron chi connectivity index (χ1n) is 5.57. The van der Waals surface area contributed by atoms with Crippen LogP contribution in [0.1, 0.15) is 10.4 Å². The number of sulfonamides is 1. The number of carbonyl (C=O) groups excluding carboxylic acids is 2. The van der Waals surface area contributed by atoms with Gasteiger partial charge in [0.25, 0.3) is 0 Å². The summed E-state index contributed by atoms with van der Waals surface area (Å²) in [6.07, 6.45) is 0. The van der Waals surface area contributed by atoms with Gasteiger partial charge >= 0.3 is 5.97 Å². The van der Waals surface area contributed by atoms with Gasteiger partial charge in [-0.2, -0.15) is 4.31 Å². The molecule has 21 heavy (non-hydrogen) atoms. The fourth-order valence-electron chi connectivity index (χ4n) is 1.76. The molecule has 1 aromatic rings. The topological polar surface area (TPSA) is 121 Å². The van der Waals surface area contributed by atoms with Crippen LogP contribution >= 0.6 is 0 Å². The summed E-state index contributed by atoms with van der Waals surface area (Å²) >= 11 is 0. The maximum Gasteiger partial charge on any atom is 0.338 e. The molecule has 8 nitrogen and oxygen atoms in total. The maximum atomic E-state index is 13.3. The van der Waals surface area contributed by atoms with Crippen molar-refractivity contribution in [3.63, 3.8) is 0 Å². The molecule has 1 fully saturated rings. The minimum atomic E-state index is -4.28. The Balaban J connectivity index is 2.44. The lowest BCUT2D eigenvalue weighted by atomic mass is 10.2.